The van der Waals surface area contributed by atoms with E-state index < -0.39 is 5.97 Å². The molecule has 0 amide bonds. The molecule has 1 atom stereocenters. The molecule has 2 aromatic carbocycles. The van der Waals surface area contributed by atoms with Crippen LogP contribution in [-0.2, 0) is 31.0 Å². The number of carbonyl (C=O) groups is 1. The van der Waals surface area contributed by atoms with E-state index in [0.717, 1.165) is 48.9 Å². The molecule has 1 aliphatic rings. The quantitative estimate of drug-likeness (QED) is 0.552. The van der Waals surface area contributed by atoms with Crippen molar-refractivity contribution < 1.29 is 14.6 Å². The summed E-state index contributed by atoms with van der Waals surface area (Å²) in [4.78, 5) is 13.4. The molecule has 1 N–H and O–H groups in total. The number of fused-ring (bicyclic) bond motifs is 1. The highest BCUT2D eigenvalue weighted by Crippen LogP contribution is 2.23. The van der Waals surface area contributed by atoms with Crippen LogP contribution in [0.4, 0.5) is 0 Å². The van der Waals surface area contributed by atoms with Gasteiger partial charge in [-0.05, 0) is 35.7 Å². The fraction of sp³-hybridized carbons (Fsp3) is 0.320. The van der Waals surface area contributed by atoms with Crippen LogP contribution in [0.2, 0.25) is 0 Å². The standard InChI is InChI=1S/C25H26N4O3/c1-2-4-22(14-25(30)31)21-7-9-23(10-8-21)32-17-20-6-3-5-19(13-20)15-28-11-12-29-18-26-27-24(29)16-28/h3,5-10,13,18,22H,11-12,14-17H2,1H3,(H,30,31). The Balaban J connectivity index is 1.34. The molecule has 4 rings (SSSR count). The van der Waals surface area contributed by atoms with Crippen LogP contribution in [0.1, 0.15) is 41.8 Å². The van der Waals surface area contributed by atoms with E-state index in [2.05, 4.69) is 55.8 Å². The zero-order chi connectivity index (χ0) is 22.3. The minimum Gasteiger partial charge on any atom is -0.489 e. The predicted octanol–water partition coefficient (Wildman–Crippen LogP) is 3.45. The first kappa shape index (κ1) is 21.6. The Labute approximate surface area is 187 Å². The second-order valence-corrected chi connectivity index (χ2v) is 7.87. The van der Waals surface area contributed by atoms with Crippen LogP contribution in [0.15, 0.2) is 54.9 Å². The molecule has 0 spiro atoms. The summed E-state index contributed by atoms with van der Waals surface area (Å²) >= 11 is 0. The van der Waals surface area contributed by atoms with Gasteiger partial charge in [-0.25, -0.2) is 0 Å². The van der Waals surface area contributed by atoms with Gasteiger partial charge in [-0.15, -0.1) is 16.1 Å². The summed E-state index contributed by atoms with van der Waals surface area (Å²) in [5.74, 6) is 6.36. The van der Waals surface area contributed by atoms with Crippen LogP contribution in [0.3, 0.4) is 0 Å². The van der Waals surface area contributed by atoms with E-state index in [1.165, 1.54) is 5.56 Å². The maximum absolute atomic E-state index is 11.1. The van der Waals surface area contributed by atoms with Gasteiger partial charge in [0.05, 0.1) is 18.9 Å². The van der Waals surface area contributed by atoms with Gasteiger partial charge < -0.3 is 14.4 Å². The first-order valence-electron chi connectivity index (χ1n) is 10.6. The molecule has 1 aromatic heterocycles. The number of carboxylic acids is 1. The van der Waals surface area contributed by atoms with Gasteiger partial charge in [0, 0.05) is 19.6 Å². The van der Waals surface area contributed by atoms with E-state index in [0.29, 0.717) is 6.61 Å². The van der Waals surface area contributed by atoms with Gasteiger partial charge in [-0.3, -0.25) is 9.69 Å². The number of nitrogens with zero attached hydrogens (tertiary/aromatic N) is 4. The molecule has 7 heteroatoms. The maximum atomic E-state index is 11.1. The lowest BCUT2D eigenvalue weighted by molar-refractivity contribution is -0.137. The molecule has 1 aliphatic heterocycles. The minimum absolute atomic E-state index is 0.0107. The summed E-state index contributed by atoms with van der Waals surface area (Å²) in [7, 11) is 0. The molecular weight excluding hydrogens is 404 g/mol. The Morgan fingerprint density at radius 3 is 2.78 bits per heavy atom. The summed E-state index contributed by atoms with van der Waals surface area (Å²) in [5.41, 5.74) is 3.23. The van der Waals surface area contributed by atoms with Gasteiger partial charge in [0.25, 0.3) is 0 Å². The van der Waals surface area contributed by atoms with Crippen molar-refractivity contribution in [1.82, 2.24) is 19.7 Å². The normalized spacial score (nSPS) is 14.2. The number of carboxylic acid groups (broad SMARTS) is 1. The highest BCUT2D eigenvalue weighted by Gasteiger charge is 2.17. The number of rotatable bonds is 8. The van der Waals surface area contributed by atoms with Gasteiger partial charge >= 0.3 is 5.97 Å². The van der Waals surface area contributed by atoms with E-state index in [9.17, 15) is 4.79 Å². The van der Waals surface area contributed by atoms with Crippen molar-refractivity contribution in [2.75, 3.05) is 6.54 Å². The van der Waals surface area contributed by atoms with E-state index in [1.807, 2.05) is 24.3 Å². The number of ether oxygens (including phenoxy) is 1. The summed E-state index contributed by atoms with van der Waals surface area (Å²) in [6.45, 7) is 5.74. The van der Waals surface area contributed by atoms with Crippen LogP contribution < -0.4 is 4.74 Å². The van der Waals surface area contributed by atoms with Gasteiger partial charge in [-0.2, -0.15) is 0 Å². The lowest BCUT2D eigenvalue weighted by Gasteiger charge is -2.27. The Morgan fingerprint density at radius 1 is 1.19 bits per heavy atom. The smallest absolute Gasteiger partial charge is 0.304 e. The fourth-order valence-electron chi connectivity index (χ4n) is 3.89. The Kier molecular flexibility index (Phi) is 6.83. The average molecular weight is 431 g/mol. The van der Waals surface area contributed by atoms with Crippen LogP contribution in [0.25, 0.3) is 0 Å². The molecule has 32 heavy (non-hydrogen) atoms. The molecule has 2 heterocycles. The third kappa shape index (κ3) is 5.54. The second kappa shape index (κ2) is 10.1. The van der Waals surface area contributed by atoms with E-state index in [1.54, 1.807) is 13.3 Å². The molecule has 7 nitrogen and oxygen atoms in total. The largest absolute Gasteiger partial charge is 0.489 e. The van der Waals surface area contributed by atoms with Crippen molar-refractivity contribution >= 4 is 5.97 Å². The van der Waals surface area contributed by atoms with Crippen LogP contribution in [0, 0.1) is 11.8 Å². The van der Waals surface area contributed by atoms with Gasteiger partial charge in [0.2, 0.25) is 0 Å². The number of aromatic nitrogens is 3. The molecule has 0 radical (unpaired) electrons. The first-order valence-corrected chi connectivity index (χ1v) is 10.6. The molecule has 0 fully saturated rings. The van der Waals surface area contributed by atoms with Gasteiger partial charge in [0.15, 0.2) is 0 Å². The van der Waals surface area contributed by atoms with E-state index >= 15 is 0 Å². The maximum Gasteiger partial charge on any atom is 0.304 e. The summed E-state index contributed by atoms with van der Waals surface area (Å²) < 4.78 is 8.06. The molecule has 0 bridgehead atoms. The SMILES string of the molecule is CC#CC(CC(=O)O)c1ccc(OCc2cccc(CN3CCn4cnnc4C3)c2)cc1. The molecule has 3 aromatic rings. The minimum atomic E-state index is -0.857. The molecule has 1 unspecified atom stereocenters. The van der Waals surface area contributed by atoms with Gasteiger partial charge in [-0.1, -0.05) is 42.3 Å². The zero-order valence-electron chi connectivity index (χ0n) is 18.1. The fourth-order valence-corrected chi connectivity index (χ4v) is 3.89. The van der Waals surface area contributed by atoms with Crippen molar-refractivity contribution in [3.8, 4) is 17.6 Å². The summed E-state index contributed by atoms with van der Waals surface area (Å²) in [6.07, 6.45) is 1.78. The average Bonchev–Trinajstić information content (AvgIpc) is 3.26. The molecule has 0 saturated carbocycles. The highest BCUT2D eigenvalue weighted by molar-refractivity contribution is 5.69. The topological polar surface area (TPSA) is 80.5 Å². The van der Waals surface area contributed by atoms with Crippen LogP contribution >= 0.6 is 0 Å². The van der Waals surface area contributed by atoms with Gasteiger partial charge in [0.1, 0.15) is 24.5 Å². The van der Waals surface area contributed by atoms with Crippen LogP contribution in [-0.4, -0.2) is 37.3 Å². The van der Waals surface area contributed by atoms with Crippen molar-refractivity contribution in [3.63, 3.8) is 0 Å². The molecular formula is C25H26N4O3. The van der Waals surface area contributed by atoms with Crippen molar-refractivity contribution in [2.24, 2.45) is 0 Å². The number of hydrogen-bond donors (Lipinski definition) is 1. The summed E-state index contributed by atoms with van der Waals surface area (Å²) in [6, 6.07) is 15.9. The Morgan fingerprint density at radius 2 is 2.00 bits per heavy atom. The molecule has 0 aliphatic carbocycles. The number of aliphatic carboxylic acids is 1. The highest BCUT2D eigenvalue weighted by atomic mass is 16.5. The molecule has 164 valence electrons. The Hall–Kier alpha value is -3.63. The third-order valence-corrected chi connectivity index (χ3v) is 5.50. The van der Waals surface area contributed by atoms with Crippen molar-refractivity contribution in [2.45, 2.75) is 45.5 Å². The van der Waals surface area contributed by atoms with Crippen molar-refractivity contribution in [1.29, 1.82) is 0 Å². The third-order valence-electron chi connectivity index (χ3n) is 5.50. The van der Waals surface area contributed by atoms with E-state index in [-0.39, 0.29) is 12.3 Å². The number of hydrogen-bond acceptors (Lipinski definition) is 5. The first-order chi connectivity index (χ1) is 15.6. The van der Waals surface area contributed by atoms with E-state index in [4.69, 9.17) is 9.84 Å². The lowest BCUT2D eigenvalue weighted by Crippen LogP contribution is -2.33. The Bertz CT molecular complexity index is 1130. The molecule has 0 saturated heterocycles. The lowest BCUT2D eigenvalue weighted by atomic mass is 9.96. The van der Waals surface area contributed by atoms with Crippen LogP contribution in [0.5, 0.6) is 5.75 Å². The summed E-state index contributed by atoms with van der Waals surface area (Å²) in [5, 5.41) is 17.3. The van der Waals surface area contributed by atoms with Crippen molar-refractivity contribution in [3.05, 3.63) is 77.4 Å². The number of benzene rings is 2. The second-order valence-electron chi connectivity index (χ2n) is 7.87. The predicted molar refractivity (Wildman–Crippen MR) is 120 cm³/mol. The monoisotopic (exact) mass is 430 g/mol. The zero-order valence-corrected chi connectivity index (χ0v) is 18.1.